The number of aromatic hydroxyl groups is 1. The Bertz CT molecular complexity index is 4500. The Balaban J connectivity index is 0.000000221. The van der Waals surface area contributed by atoms with Gasteiger partial charge in [-0.3, -0.25) is 43.0 Å². The van der Waals surface area contributed by atoms with Gasteiger partial charge in [-0.1, -0.05) is 92.2 Å². The lowest BCUT2D eigenvalue weighted by Crippen LogP contribution is -2.48. The van der Waals surface area contributed by atoms with Crippen LogP contribution in [-0.4, -0.2) is 113 Å². The zero-order chi connectivity index (χ0) is 70.0. The number of unbranched alkanes of at least 4 members (excludes halogenated alkanes) is 1. The van der Waals surface area contributed by atoms with Gasteiger partial charge in [0.05, 0.1) is 77.3 Å². The van der Waals surface area contributed by atoms with Crippen molar-refractivity contribution in [2.24, 2.45) is 0 Å². The van der Waals surface area contributed by atoms with E-state index in [1.54, 1.807) is 84.3 Å². The Kier molecular flexibility index (Phi) is 21.2. The second-order valence-corrected chi connectivity index (χ2v) is 25.6. The molecule has 0 fully saturated rings. The summed E-state index contributed by atoms with van der Waals surface area (Å²) in [5.74, 6) is -0.850. The molecule has 0 spiro atoms. The second kappa shape index (κ2) is 30.0. The molecular formula is C72H80N14O12. The molecule has 11 rings (SSSR count). The van der Waals surface area contributed by atoms with Crippen LogP contribution in [0.2, 0.25) is 0 Å². The zero-order valence-corrected chi connectivity index (χ0v) is 56.1. The number of nitrogens with zero attached hydrogens (tertiary/aromatic N) is 10. The fourth-order valence-electron chi connectivity index (χ4n) is 11.3. The van der Waals surface area contributed by atoms with Gasteiger partial charge in [0.15, 0.2) is 0 Å². The van der Waals surface area contributed by atoms with E-state index in [9.17, 15) is 38.7 Å². The highest BCUT2D eigenvalue weighted by Gasteiger charge is 2.39. The number of nitrogens with one attached hydrogen (secondary N) is 3. The second-order valence-electron chi connectivity index (χ2n) is 25.6. The van der Waals surface area contributed by atoms with E-state index in [2.05, 4.69) is 35.9 Å². The number of aromatic nitrogens is 8. The van der Waals surface area contributed by atoms with Gasteiger partial charge < -0.3 is 40.4 Å². The number of phenols is 1. The number of carbonyl (C=O) groups is 5. The van der Waals surface area contributed by atoms with E-state index in [4.69, 9.17) is 24.7 Å². The van der Waals surface area contributed by atoms with Crippen LogP contribution in [0, 0.1) is 0 Å². The van der Waals surface area contributed by atoms with Gasteiger partial charge in [-0.25, -0.2) is 43.9 Å². The average Bonchev–Trinajstić information content (AvgIpc) is 1.60. The van der Waals surface area contributed by atoms with Crippen LogP contribution in [0.15, 0.2) is 162 Å². The molecule has 26 nitrogen and oxygen atoms in total. The smallest absolute Gasteiger partial charge is 0.412 e. The molecule has 5 amide bonds. The zero-order valence-electron chi connectivity index (χ0n) is 56.1. The van der Waals surface area contributed by atoms with Crippen molar-refractivity contribution in [2.45, 2.75) is 144 Å². The first-order chi connectivity index (χ1) is 46.9. The van der Waals surface area contributed by atoms with Gasteiger partial charge >= 0.3 is 29.7 Å². The van der Waals surface area contributed by atoms with Crippen LogP contribution in [0.25, 0.3) is 33.9 Å². The summed E-state index contributed by atoms with van der Waals surface area (Å²) in [6.45, 7) is 17.2. The molecule has 510 valence electrons. The fraction of sp³-hybridized carbons (Fsp3) is 0.319. The van der Waals surface area contributed by atoms with Crippen LogP contribution in [0.1, 0.15) is 124 Å². The van der Waals surface area contributed by atoms with Crippen molar-refractivity contribution >= 4 is 41.5 Å². The topological polar surface area (TPSA) is 317 Å². The molecule has 5 aromatic carbocycles. The van der Waals surface area contributed by atoms with Crippen LogP contribution in [0.3, 0.4) is 0 Å². The van der Waals surface area contributed by atoms with E-state index in [-0.39, 0.29) is 80.4 Å². The molecule has 6 N–H and O–H groups in total. The third-order valence-electron chi connectivity index (χ3n) is 16.1. The van der Waals surface area contributed by atoms with Crippen molar-refractivity contribution in [2.75, 3.05) is 17.7 Å². The highest BCUT2D eigenvalue weighted by atomic mass is 16.6. The summed E-state index contributed by atoms with van der Waals surface area (Å²) in [7, 11) is 0. The van der Waals surface area contributed by atoms with Gasteiger partial charge in [-0.15, -0.1) is 0 Å². The minimum absolute atomic E-state index is 0.0217. The fourth-order valence-corrected chi connectivity index (χ4v) is 11.3. The third-order valence-corrected chi connectivity index (χ3v) is 16.1. The number of anilines is 2. The first-order valence-electron chi connectivity index (χ1n) is 32.1. The Morgan fingerprint density at radius 1 is 0.622 bits per heavy atom. The number of ether oxygens (including phenoxy) is 4. The maximum absolute atomic E-state index is 14.5. The summed E-state index contributed by atoms with van der Waals surface area (Å²) in [5, 5.41) is 18.7. The Morgan fingerprint density at radius 3 is 1.57 bits per heavy atom. The van der Waals surface area contributed by atoms with Gasteiger partial charge in [0, 0.05) is 49.7 Å². The van der Waals surface area contributed by atoms with Gasteiger partial charge in [0.2, 0.25) is 0 Å². The highest BCUT2D eigenvalue weighted by molar-refractivity contribution is 5.96. The van der Waals surface area contributed by atoms with E-state index in [0.29, 0.717) is 46.5 Å². The molecule has 2 aliphatic heterocycles. The molecule has 2 aliphatic rings. The molecule has 9 aromatic rings. The number of carbonyl (C=O) groups excluding carboxylic acids is 5. The number of phenolic OH excluding ortho intramolecular Hbond substituents is 1. The number of hydrogen-bond acceptors (Lipinski definition) is 17. The SMILES string of the molecule is CC1Cn2c(c(C(=O)NCc3ccccc3-c3ccncn3)n(-c3ccc(O)c(N)c3)c2=O)CN1C(=O)OC(C)(C)C.CCCCOc1ccc(-n2c(C(=O)NCc3ccccc3-c3ccncn3)c3n(c2=O)CC(C)N(C(=O)OC(C)(C)C)C3)cc1NC(=O)OCc1ccccc1. The molecule has 0 radical (unpaired) electrons. The van der Waals surface area contributed by atoms with Gasteiger partial charge in [0.1, 0.15) is 53.4 Å². The molecule has 26 heteroatoms. The van der Waals surface area contributed by atoms with Crippen molar-refractivity contribution in [3.05, 3.63) is 213 Å². The van der Waals surface area contributed by atoms with E-state index in [1.807, 2.05) is 99.6 Å². The van der Waals surface area contributed by atoms with Crippen molar-refractivity contribution in [1.29, 1.82) is 0 Å². The number of benzene rings is 5. The van der Waals surface area contributed by atoms with Gasteiger partial charge in [0.25, 0.3) is 11.8 Å². The minimum atomic E-state index is -0.760. The average molecular weight is 1330 g/mol. The number of amides is 5. The largest absolute Gasteiger partial charge is 0.506 e. The normalized spacial score (nSPS) is 14.2. The molecule has 4 aromatic heterocycles. The molecule has 98 heavy (non-hydrogen) atoms. The van der Waals surface area contributed by atoms with E-state index in [0.717, 1.165) is 40.7 Å². The van der Waals surface area contributed by atoms with Crippen LogP contribution in [0.4, 0.5) is 25.8 Å². The van der Waals surface area contributed by atoms with Crippen LogP contribution in [-0.2, 0) is 60.1 Å². The predicted molar refractivity (Wildman–Crippen MR) is 367 cm³/mol. The minimum Gasteiger partial charge on any atom is -0.506 e. The molecule has 6 heterocycles. The van der Waals surface area contributed by atoms with Gasteiger partial charge in [-0.05, 0) is 127 Å². The standard InChI is InChI=1S/C42H47N7O7.C30H33N7O5/c1-6-7-21-54-36-18-17-31(22-34(36)46-39(51)55-26-29-13-9-8-10-14-29)49-37(35-25-47(41(53)56-42(3,4)5)28(2)24-48(35)40(49)52)38(50)44-23-30-15-11-12-16-32(30)33-19-20-43-27-45-33;1-18-15-36-24(16-35(18)29(41)42-30(2,3)4)26(37(28(36)40)20-9-10-25(38)22(31)13-20)27(39)33-14-19-7-5-6-8-21(19)23-11-12-32-17-34-23/h8-20,22,27-28H,6-7,21,23-26H2,1-5H3,(H,44,50)(H,46,51);5-13,17-18,38H,14-16,31H2,1-4H3,(H,33,39). The Morgan fingerprint density at radius 2 is 1.10 bits per heavy atom. The lowest BCUT2D eigenvalue weighted by Gasteiger charge is -2.35. The molecule has 2 unspecified atom stereocenters. The molecule has 0 saturated carbocycles. The van der Waals surface area contributed by atoms with Crippen molar-refractivity contribution in [3.63, 3.8) is 0 Å². The Labute approximate surface area is 566 Å². The summed E-state index contributed by atoms with van der Waals surface area (Å²) >= 11 is 0. The number of fused-ring (bicyclic) bond motifs is 2. The summed E-state index contributed by atoms with van der Waals surface area (Å²) in [4.78, 5) is 116. The van der Waals surface area contributed by atoms with E-state index in [1.165, 1.54) is 58.9 Å². The Hall–Kier alpha value is -11.6. The van der Waals surface area contributed by atoms with Crippen molar-refractivity contribution < 1.29 is 48.0 Å². The van der Waals surface area contributed by atoms with E-state index < -0.39 is 58.7 Å². The van der Waals surface area contributed by atoms with Crippen LogP contribution in [0.5, 0.6) is 11.5 Å². The maximum Gasteiger partial charge on any atom is 0.412 e. The number of rotatable bonds is 17. The monoisotopic (exact) mass is 1330 g/mol. The highest BCUT2D eigenvalue weighted by Crippen LogP contribution is 2.33. The van der Waals surface area contributed by atoms with Crippen LogP contribution < -0.4 is 37.8 Å². The summed E-state index contributed by atoms with van der Waals surface area (Å²) in [5.41, 5.74) is 10.7. The van der Waals surface area contributed by atoms with Crippen LogP contribution >= 0.6 is 0 Å². The number of nitrogens with two attached hydrogens (primary N) is 1. The van der Waals surface area contributed by atoms with Gasteiger partial charge in [-0.2, -0.15) is 0 Å². The molecule has 2 atom stereocenters. The first kappa shape index (κ1) is 69.3. The summed E-state index contributed by atoms with van der Waals surface area (Å²) in [6, 6.07) is 36.3. The molecule has 0 saturated heterocycles. The number of hydrogen-bond donors (Lipinski definition) is 5. The lowest BCUT2D eigenvalue weighted by molar-refractivity contribution is 0.00856. The van der Waals surface area contributed by atoms with Crippen molar-refractivity contribution in [3.8, 4) is 45.4 Å². The molecular weight excluding hydrogens is 1250 g/mol. The summed E-state index contributed by atoms with van der Waals surface area (Å²) < 4.78 is 28.5. The molecule has 0 bridgehead atoms. The summed E-state index contributed by atoms with van der Waals surface area (Å²) in [6.07, 6.45) is 6.05. The van der Waals surface area contributed by atoms with E-state index >= 15 is 0 Å². The molecule has 0 aliphatic carbocycles. The first-order valence-corrected chi connectivity index (χ1v) is 32.1. The maximum atomic E-state index is 14.5. The lowest BCUT2D eigenvalue weighted by atomic mass is 10.0. The third kappa shape index (κ3) is 16.2. The number of imidazole rings is 2. The predicted octanol–water partition coefficient (Wildman–Crippen LogP) is 10.5. The quantitative estimate of drug-likeness (QED) is 0.0245. The van der Waals surface area contributed by atoms with Crippen molar-refractivity contribution in [1.82, 2.24) is 58.6 Å². The number of nitrogen functional groups attached to an aromatic ring is 1.